The number of rotatable bonds is 5. The van der Waals surface area contributed by atoms with Crippen molar-refractivity contribution in [1.82, 2.24) is 0 Å². The SMILES string of the molecule is CCCC(C(C)CC)C1CCCCC1C. The van der Waals surface area contributed by atoms with Crippen LogP contribution in [0.4, 0.5) is 0 Å². The standard InChI is InChI=1S/C15H30/c1-5-9-14(12(3)6-2)15-11-8-7-10-13(15)4/h12-15H,5-11H2,1-4H3. The number of hydrogen-bond acceptors (Lipinski definition) is 0. The zero-order valence-electron chi connectivity index (χ0n) is 11.3. The Labute approximate surface area is 96.8 Å². The maximum Gasteiger partial charge on any atom is -0.0358 e. The summed E-state index contributed by atoms with van der Waals surface area (Å²) in [4.78, 5) is 0. The van der Waals surface area contributed by atoms with Crippen molar-refractivity contribution in [1.29, 1.82) is 0 Å². The van der Waals surface area contributed by atoms with Crippen molar-refractivity contribution in [3.63, 3.8) is 0 Å². The lowest BCUT2D eigenvalue weighted by Gasteiger charge is -2.38. The van der Waals surface area contributed by atoms with Crippen LogP contribution in [0.2, 0.25) is 0 Å². The summed E-state index contributed by atoms with van der Waals surface area (Å²) < 4.78 is 0. The third-order valence-corrected chi connectivity index (χ3v) is 4.72. The van der Waals surface area contributed by atoms with Gasteiger partial charge < -0.3 is 0 Å². The molecule has 0 aromatic rings. The summed E-state index contributed by atoms with van der Waals surface area (Å²) in [5.41, 5.74) is 0. The molecule has 0 bridgehead atoms. The van der Waals surface area contributed by atoms with Gasteiger partial charge in [0.25, 0.3) is 0 Å². The number of hydrogen-bond donors (Lipinski definition) is 0. The van der Waals surface area contributed by atoms with E-state index in [-0.39, 0.29) is 0 Å². The van der Waals surface area contributed by atoms with Crippen LogP contribution in [-0.2, 0) is 0 Å². The molecule has 90 valence electrons. The van der Waals surface area contributed by atoms with Crippen LogP contribution in [0.15, 0.2) is 0 Å². The van der Waals surface area contributed by atoms with Crippen LogP contribution in [0.1, 0.15) is 72.6 Å². The second-order valence-corrected chi connectivity index (χ2v) is 5.76. The molecule has 0 heterocycles. The van der Waals surface area contributed by atoms with Crippen molar-refractivity contribution >= 4 is 0 Å². The Bertz CT molecular complexity index is 161. The summed E-state index contributed by atoms with van der Waals surface area (Å²) in [5, 5.41) is 0. The maximum absolute atomic E-state index is 2.49. The van der Waals surface area contributed by atoms with Crippen molar-refractivity contribution in [2.75, 3.05) is 0 Å². The van der Waals surface area contributed by atoms with E-state index in [1.165, 1.54) is 44.9 Å². The lowest BCUT2D eigenvalue weighted by molar-refractivity contribution is 0.120. The third-order valence-electron chi connectivity index (χ3n) is 4.72. The summed E-state index contributed by atoms with van der Waals surface area (Å²) in [7, 11) is 0. The Balaban J connectivity index is 2.59. The van der Waals surface area contributed by atoms with Crippen molar-refractivity contribution in [2.24, 2.45) is 23.7 Å². The van der Waals surface area contributed by atoms with Crippen LogP contribution < -0.4 is 0 Å². The van der Waals surface area contributed by atoms with Gasteiger partial charge in [0.05, 0.1) is 0 Å². The summed E-state index contributed by atoms with van der Waals surface area (Å²) >= 11 is 0. The summed E-state index contributed by atoms with van der Waals surface area (Å²) in [6.45, 7) is 9.68. The highest BCUT2D eigenvalue weighted by atomic mass is 14.4. The molecule has 0 aromatic carbocycles. The third kappa shape index (κ3) is 3.50. The van der Waals surface area contributed by atoms with Crippen LogP contribution in [0.25, 0.3) is 0 Å². The molecule has 1 aliphatic carbocycles. The van der Waals surface area contributed by atoms with E-state index >= 15 is 0 Å². The minimum absolute atomic E-state index is 0.940. The van der Waals surface area contributed by atoms with Crippen molar-refractivity contribution in [3.05, 3.63) is 0 Å². The molecule has 0 saturated heterocycles. The van der Waals surface area contributed by atoms with Gasteiger partial charge in [0.1, 0.15) is 0 Å². The molecule has 0 nitrogen and oxygen atoms in total. The van der Waals surface area contributed by atoms with E-state index in [4.69, 9.17) is 0 Å². The molecule has 0 radical (unpaired) electrons. The molecule has 4 unspecified atom stereocenters. The molecule has 0 heteroatoms. The Kier molecular flexibility index (Phi) is 5.71. The van der Waals surface area contributed by atoms with Gasteiger partial charge >= 0.3 is 0 Å². The molecule has 0 amide bonds. The summed E-state index contributed by atoms with van der Waals surface area (Å²) in [6, 6.07) is 0. The summed E-state index contributed by atoms with van der Waals surface area (Å²) in [6.07, 6.45) is 10.2. The first-order valence-corrected chi connectivity index (χ1v) is 7.20. The van der Waals surface area contributed by atoms with E-state index in [2.05, 4.69) is 27.7 Å². The predicted molar refractivity (Wildman–Crippen MR) is 69.0 cm³/mol. The molecule has 4 atom stereocenters. The van der Waals surface area contributed by atoms with Gasteiger partial charge in [-0.15, -0.1) is 0 Å². The second kappa shape index (κ2) is 6.55. The van der Waals surface area contributed by atoms with Crippen LogP contribution in [0.3, 0.4) is 0 Å². The van der Waals surface area contributed by atoms with Gasteiger partial charge in [-0.3, -0.25) is 0 Å². The maximum atomic E-state index is 2.49. The smallest absolute Gasteiger partial charge is 0.0358 e. The molecular weight excluding hydrogens is 180 g/mol. The Hall–Kier alpha value is 0. The average Bonchev–Trinajstić information content (AvgIpc) is 2.26. The molecule has 0 aromatic heterocycles. The van der Waals surface area contributed by atoms with Gasteiger partial charge in [-0.2, -0.15) is 0 Å². The van der Waals surface area contributed by atoms with E-state index < -0.39 is 0 Å². The first-order chi connectivity index (χ1) is 7.20. The molecule has 1 fully saturated rings. The van der Waals surface area contributed by atoms with Crippen LogP contribution >= 0.6 is 0 Å². The van der Waals surface area contributed by atoms with Gasteiger partial charge in [-0.25, -0.2) is 0 Å². The predicted octanol–water partition coefficient (Wildman–Crippen LogP) is 5.28. The first-order valence-electron chi connectivity index (χ1n) is 7.20. The van der Waals surface area contributed by atoms with E-state index in [1.54, 1.807) is 0 Å². The van der Waals surface area contributed by atoms with Crippen LogP contribution in [-0.4, -0.2) is 0 Å². The van der Waals surface area contributed by atoms with Crippen LogP contribution in [0, 0.1) is 23.7 Å². The topological polar surface area (TPSA) is 0 Å². The van der Waals surface area contributed by atoms with E-state index in [1.807, 2.05) is 0 Å². The minimum atomic E-state index is 0.940. The molecule has 1 saturated carbocycles. The van der Waals surface area contributed by atoms with E-state index in [0.717, 1.165) is 23.7 Å². The van der Waals surface area contributed by atoms with Gasteiger partial charge in [-0.1, -0.05) is 66.2 Å². The molecule has 0 aliphatic heterocycles. The molecule has 15 heavy (non-hydrogen) atoms. The lowest BCUT2D eigenvalue weighted by atomic mass is 9.67. The molecule has 0 N–H and O–H groups in total. The second-order valence-electron chi connectivity index (χ2n) is 5.76. The largest absolute Gasteiger partial charge is 0.0654 e. The first kappa shape index (κ1) is 13.1. The van der Waals surface area contributed by atoms with Gasteiger partial charge in [-0.05, 0) is 30.1 Å². The highest BCUT2D eigenvalue weighted by Crippen LogP contribution is 2.40. The minimum Gasteiger partial charge on any atom is -0.0654 e. The highest BCUT2D eigenvalue weighted by molar-refractivity contribution is 4.81. The van der Waals surface area contributed by atoms with Crippen LogP contribution in [0.5, 0.6) is 0 Å². The van der Waals surface area contributed by atoms with Crippen molar-refractivity contribution in [3.8, 4) is 0 Å². The Morgan fingerprint density at radius 2 is 1.80 bits per heavy atom. The fourth-order valence-electron chi connectivity index (χ4n) is 3.54. The lowest BCUT2D eigenvalue weighted by Crippen LogP contribution is -2.29. The van der Waals surface area contributed by atoms with E-state index in [0.29, 0.717) is 0 Å². The van der Waals surface area contributed by atoms with Gasteiger partial charge in [0.15, 0.2) is 0 Å². The monoisotopic (exact) mass is 210 g/mol. The Morgan fingerprint density at radius 1 is 1.13 bits per heavy atom. The highest BCUT2D eigenvalue weighted by Gasteiger charge is 2.30. The normalized spacial score (nSPS) is 31.2. The molecule has 0 spiro atoms. The van der Waals surface area contributed by atoms with Crippen molar-refractivity contribution < 1.29 is 0 Å². The fourth-order valence-corrected chi connectivity index (χ4v) is 3.54. The molecular formula is C15H30. The molecule has 1 aliphatic rings. The Morgan fingerprint density at radius 3 is 2.33 bits per heavy atom. The zero-order valence-corrected chi connectivity index (χ0v) is 11.3. The quantitative estimate of drug-likeness (QED) is 0.579. The molecule has 1 rings (SSSR count). The van der Waals surface area contributed by atoms with E-state index in [9.17, 15) is 0 Å². The zero-order chi connectivity index (χ0) is 11.3. The van der Waals surface area contributed by atoms with Crippen molar-refractivity contribution in [2.45, 2.75) is 72.6 Å². The summed E-state index contributed by atoms with van der Waals surface area (Å²) in [5.74, 6) is 3.98. The average molecular weight is 210 g/mol. The van der Waals surface area contributed by atoms with Gasteiger partial charge in [0.2, 0.25) is 0 Å². The fraction of sp³-hybridized carbons (Fsp3) is 1.00. The van der Waals surface area contributed by atoms with Gasteiger partial charge in [0, 0.05) is 0 Å².